The molecule has 4 heterocycles. The minimum Gasteiger partial charge on any atom is -0.397 e. The lowest BCUT2D eigenvalue weighted by atomic mass is 10.1. The van der Waals surface area contributed by atoms with Crippen molar-refractivity contribution in [1.82, 2.24) is 14.5 Å². The Kier molecular flexibility index (Phi) is 3.53. The maximum absolute atomic E-state index is 10.6. The van der Waals surface area contributed by atoms with Gasteiger partial charge in [-0.25, -0.2) is 14.9 Å². The first-order valence-corrected chi connectivity index (χ1v) is 10.8. The van der Waals surface area contributed by atoms with Crippen molar-refractivity contribution in [2.24, 2.45) is 0 Å². The van der Waals surface area contributed by atoms with Crippen LogP contribution < -0.4 is 5.73 Å². The molecule has 1 unspecified atom stereocenters. The highest BCUT2D eigenvalue weighted by Crippen LogP contribution is 2.50. The molecular weight excluding hydrogens is 331 g/mol. The van der Waals surface area contributed by atoms with Crippen molar-refractivity contribution in [1.29, 1.82) is 0 Å². The van der Waals surface area contributed by atoms with Crippen molar-refractivity contribution in [2.45, 2.75) is 30.6 Å². The summed E-state index contributed by atoms with van der Waals surface area (Å²) in [6.45, 7) is 2.98. The summed E-state index contributed by atoms with van der Waals surface area (Å²) in [7, 11) is 0. The molecule has 4 atom stereocenters. The van der Waals surface area contributed by atoms with E-state index in [-0.39, 0.29) is 0 Å². The molecule has 0 saturated carbocycles. The molecule has 2 bridgehead atoms. The lowest BCUT2D eigenvalue weighted by Gasteiger charge is -2.30. The number of nitrogens with two attached hydrogens (primary N) is 1. The number of hydrogen-bond acceptors (Lipinski definition) is 7. The first-order valence-electron chi connectivity index (χ1n) is 7.75. The van der Waals surface area contributed by atoms with Crippen molar-refractivity contribution in [3.8, 4) is 0 Å². The Bertz CT molecular complexity index is 834. The molecule has 24 heavy (non-hydrogen) atoms. The fraction of sp³-hybridized carbons (Fsp3) is 0.533. The highest BCUT2D eigenvalue weighted by Gasteiger charge is 2.64. The summed E-state index contributed by atoms with van der Waals surface area (Å²) >= 11 is 0. The Labute approximate surface area is 139 Å². The number of aromatic nitrogens is 3. The number of aliphatic hydroxyl groups excluding tert-OH is 1. The number of anilines is 1. The molecule has 2 aliphatic rings. The van der Waals surface area contributed by atoms with E-state index in [1.807, 2.05) is 0 Å². The van der Waals surface area contributed by atoms with Crippen LogP contribution in [0, 0.1) is 0 Å². The average Bonchev–Trinajstić information content (AvgIpc) is 3.16. The van der Waals surface area contributed by atoms with Gasteiger partial charge >= 0.3 is 0 Å². The molecule has 2 saturated heterocycles. The van der Waals surface area contributed by atoms with Crippen LogP contribution in [0.15, 0.2) is 18.6 Å². The number of aliphatic hydroxyl groups is 1. The lowest BCUT2D eigenvalue weighted by Crippen LogP contribution is -2.39. The number of pyridine rings is 1. The third kappa shape index (κ3) is 2.37. The molecule has 2 aromatic rings. The van der Waals surface area contributed by atoms with Crippen molar-refractivity contribution in [2.75, 3.05) is 25.2 Å². The number of imidazole rings is 1. The van der Waals surface area contributed by atoms with E-state index in [0.717, 1.165) is 6.16 Å². The Morgan fingerprint density at radius 1 is 1.46 bits per heavy atom. The number of ether oxygens (including phenoxy) is 1. The average molecular weight is 352 g/mol. The lowest BCUT2D eigenvalue weighted by molar-refractivity contribution is -0.449. The molecule has 8 nitrogen and oxygen atoms in total. The molecule has 4 rings (SSSR count). The summed E-state index contributed by atoms with van der Waals surface area (Å²) in [5.41, 5.74) is 7.65. The standard InChI is InChI=1S/C15H21N4O4P/c1-24(2,3)7-5-15-12(20)11(22-23-15)14(21-15)19-8-18-10-9(16)4-6-17-13(10)19/h4,6,8,11-12,14,20H,1,5,7H2,2-3H3,(H2,16,17)/t11-,12+,14?,15+/m1/s1. The fourth-order valence-corrected chi connectivity index (χ4v) is 4.03. The molecule has 9 heteroatoms. The van der Waals surface area contributed by atoms with E-state index in [2.05, 4.69) is 29.6 Å². The molecule has 0 amide bonds. The zero-order valence-corrected chi connectivity index (χ0v) is 14.5. The van der Waals surface area contributed by atoms with E-state index in [1.54, 1.807) is 23.2 Å². The smallest absolute Gasteiger partial charge is 0.232 e. The Morgan fingerprint density at radius 2 is 2.25 bits per heavy atom. The van der Waals surface area contributed by atoms with Crippen molar-refractivity contribution < 1.29 is 19.6 Å². The van der Waals surface area contributed by atoms with Gasteiger partial charge in [0, 0.05) is 12.6 Å². The molecule has 2 aromatic heterocycles. The first kappa shape index (κ1) is 16.1. The van der Waals surface area contributed by atoms with Gasteiger partial charge < -0.3 is 15.6 Å². The van der Waals surface area contributed by atoms with Gasteiger partial charge in [0.15, 0.2) is 18.0 Å². The minimum atomic E-state index is -1.28. The van der Waals surface area contributed by atoms with Gasteiger partial charge in [-0.3, -0.25) is 4.57 Å². The summed E-state index contributed by atoms with van der Waals surface area (Å²) < 4.78 is 7.81. The van der Waals surface area contributed by atoms with E-state index >= 15 is 0 Å². The molecule has 2 fully saturated rings. The van der Waals surface area contributed by atoms with Crippen LogP contribution in [0.5, 0.6) is 0 Å². The number of fused-ring (bicyclic) bond motifs is 3. The van der Waals surface area contributed by atoms with Gasteiger partial charge in [0.05, 0.1) is 12.0 Å². The summed E-state index contributed by atoms with van der Waals surface area (Å²) in [5.74, 6) is -1.17. The van der Waals surface area contributed by atoms with E-state index in [4.69, 9.17) is 20.2 Å². The summed E-state index contributed by atoms with van der Waals surface area (Å²) in [6.07, 6.45) is 6.66. The van der Waals surface area contributed by atoms with Crippen LogP contribution in [-0.2, 0) is 14.5 Å². The Hall–Kier alpha value is -1.44. The van der Waals surface area contributed by atoms with Crippen LogP contribution in [0.3, 0.4) is 0 Å². The topological polar surface area (TPSA) is 105 Å². The van der Waals surface area contributed by atoms with Gasteiger partial charge in [0.1, 0.15) is 11.6 Å². The minimum absolute atomic E-state index is 0.521. The molecule has 0 aliphatic carbocycles. The highest BCUT2D eigenvalue weighted by atomic mass is 31.2. The van der Waals surface area contributed by atoms with Gasteiger partial charge in [-0.2, -0.15) is 4.89 Å². The molecular formula is C15H21N4O4P. The molecule has 3 N–H and O–H groups in total. The molecule has 0 spiro atoms. The summed E-state index contributed by atoms with van der Waals surface area (Å²) in [4.78, 5) is 19.3. The predicted molar refractivity (Wildman–Crippen MR) is 92.1 cm³/mol. The molecule has 130 valence electrons. The van der Waals surface area contributed by atoms with Gasteiger partial charge in [-0.1, -0.05) is 0 Å². The second kappa shape index (κ2) is 5.28. The Morgan fingerprint density at radius 3 is 3.00 bits per heavy atom. The normalized spacial score (nSPS) is 32.7. The zero-order chi connectivity index (χ0) is 17.1. The number of nitrogen functional groups attached to an aromatic ring is 1. The molecule has 0 aromatic carbocycles. The second-order valence-electron chi connectivity index (χ2n) is 7.04. The van der Waals surface area contributed by atoms with E-state index in [9.17, 15) is 5.11 Å². The van der Waals surface area contributed by atoms with Gasteiger partial charge in [0.2, 0.25) is 5.79 Å². The summed E-state index contributed by atoms with van der Waals surface area (Å²) in [6, 6.07) is 1.69. The van der Waals surface area contributed by atoms with Crippen molar-refractivity contribution >= 4 is 30.0 Å². The van der Waals surface area contributed by atoms with Crippen LogP contribution in [0.1, 0.15) is 12.6 Å². The Balaban J connectivity index is 1.66. The monoisotopic (exact) mass is 352 g/mol. The molecule has 2 aliphatic heterocycles. The second-order valence-corrected chi connectivity index (χ2v) is 11.4. The highest BCUT2D eigenvalue weighted by molar-refractivity contribution is 7.72. The van der Waals surface area contributed by atoms with E-state index in [0.29, 0.717) is 23.3 Å². The van der Waals surface area contributed by atoms with Crippen LogP contribution in [0.2, 0.25) is 0 Å². The zero-order valence-electron chi connectivity index (χ0n) is 13.6. The number of rotatable bonds is 4. The van der Waals surface area contributed by atoms with Gasteiger partial charge in [0.25, 0.3) is 0 Å². The number of nitrogens with zero attached hydrogens (tertiary/aromatic N) is 3. The third-order valence-corrected chi connectivity index (χ3v) is 5.93. The van der Waals surface area contributed by atoms with Crippen LogP contribution in [-0.4, -0.2) is 63.4 Å². The van der Waals surface area contributed by atoms with Gasteiger partial charge in [-0.15, -0.1) is 13.2 Å². The van der Waals surface area contributed by atoms with Crippen molar-refractivity contribution in [3.05, 3.63) is 18.6 Å². The fourth-order valence-electron chi connectivity index (χ4n) is 3.11. The SMILES string of the molecule is C=P(C)(C)CC[C@@]12OO[C@@H](C(n3cnc4c(N)ccnc43)O1)[C@@H]2O. The quantitative estimate of drug-likeness (QED) is 0.625. The maximum atomic E-state index is 10.6. The predicted octanol–water partition coefficient (Wildman–Crippen LogP) is 1.03. The van der Waals surface area contributed by atoms with Crippen LogP contribution in [0.25, 0.3) is 11.2 Å². The third-order valence-electron chi connectivity index (χ3n) is 4.50. The van der Waals surface area contributed by atoms with Crippen molar-refractivity contribution in [3.63, 3.8) is 0 Å². The number of hydrogen-bond donors (Lipinski definition) is 2. The van der Waals surface area contributed by atoms with Gasteiger partial charge in [-0.05, 0) is 25.6 Å². The van der Waals surface area contributed by atoms with E-state index in [1.165, 1.54) is 0 Å². The van der Waals surface area contributed by atoms with E-state index < -0.39 is 31.1 Å². The molecule has 0 radical (unpaired) electrons. The first-order chi connectivity index (χ1) is 11.3. The van der Waals surface area contributed by atoms with Crippen LogP contribution in [0.4, 0.5) is 5.69 Å². The summed E-state index contributed by atoms with van der Waals surface area (Å²) in [5, 5.41) is 10.6. The maximum Gasteiger partial charge on any atom is 0.232 e. The largest absolute Gasteiger partial charge is 0.397 e. The van der Waals surface area contributed by atoms with Crippen LogP contribution >= 0.6 is 6.89 Å².